The van der Waals surface area contributed by atoms with Crippen LogP contribution in [0, 0.1) is 0 Å². The summed E-state index contributed by atoms with van der Waals surface area (Å²) in [5.41, 5.74) is 4.82. The van der Waals surface area contributed by atoms with E-state index in [9.17, 15) is 4.79 Å². The van der Waals surface area contributed by atoms with Crippen molar-refractivity contribution < 1.29 is 4.79 Å². The van der Waals surface area contributed by atoms with Gasteiger partial charge in [-0.15, -0.1) is 0 Å². The third-order valence-corrected chi connectivity index (χ3v) is 6.29. The van der Waals surface area contributed by atoms with Crippen molar-refractivity contribution in [2.75, 3.05) is 18.4 Å². The molecule has 0 aliphatic carbocycles. The molecule has 0 unspecified atom stereocenters. The largest absolute Gasteiger partial charge is 0.385 e. The summed E-state index contributed by atoms with van der Waals surface area (Å²) in [6, 6.07) is 15.9. The van der Waals surface area contributed by atoms with Crippen LogP contribution >= 0.6 is 23.2 Å². The van der Waals surface area contributed by atoms with Crippen LogP contribution in [0.2, 0.25) is 10.0 Å². The topological polar surface area (TPSA) is 45.2 Å². The summed E-state index contributed by atoms with van der Waals surface area (Å²) in [7, 11) is 0. The summed E-state index contributed by atoms with van der Waals surface area (Å²) in [4.78, 5) is 19.7. The van der Waals surface area contributed by atoms with Crippen LogP contribution in [0.5, 0.6) is 0 Å². The normalized spacial score (nSPS) is 11.3. The maximum absolute atomic E-state index is 13.6. The lowest BCUT2D eigenvalue weighted by atomic mass is 9.87. The Balaban J connectivity index is 1.86. The highest BCUT2D eigenvalue weighted by Gasteiger charge is 2.20. The molecule has 174 valence electrons. The fourth-order valence-electron chi connectivity index (χ4n) is 3.62. The molecule has 1 heterocycles. The molecule has 0 aliphatic heterocycles. The number of pyridine rings is 1. The van der Waals surface area contributed by atoms with Crippen LogP contribution in [0.15, 0.2) is 60.9 Å². The molecule has 0 aliphatic rings. The number of amides is 1. The van der Waals surface area contributed by atoms with Gasteiger partial charge in [-0.25, -0.2) is 0 Å². The minimum absolute atomic E-state index is 0.0565. The summed E-state index contributed by atoms with van der Waals surface area (Å²) in [5.74, 6) is -0.0565. The predicted octanol–water partition coefficient (Wildman–Crippen LogP) is 7.00. The van der Waals surface area contributed by atoms with E-state index >= 15 is 0 Å². The van der Waals surface area contributed by atoms with Gasteiger partial charge < -0.3 is 10.2 Å². The van der Waals surface area contributed by atoms with Gasteiger partial charge in [0.25, 0.3) is 5.91 Å². The number of carbonyl (C=O) groups is 1. The van der Waals surface area contributed by atoms with Crippen molar-refractivity contribution in [2.45, 2.75) is 46.1 Å². The average molecular weight is 484 g/mol. The van der Waals surface area contributed by atoms with Gasteiger partial charge in [0.05, 0.1) is 21.3 Å². The Morgan fingerprint density at radius 1 is 1.00 bits per heavy atom. The molecule has 0 fully saturated rings. The molecule has 1 amide bonds. The van der Waals surface area contributed by atoms with Crippen LogP contribution in [0.1, 0.15) is 54.7 Å². The predicted molar refractivity (Wildman–Crippen MR) is 138 cm³/mol. The maximum atomic E-state index is 13.6. The fraction of sp³-hybridized carbons (Fsp3) is 0.333. The van der Waals surface area contributed by atoms with E-state index in [2.05, 4.69) is 55.3 Å². The number of carbonyl (C=O) groups excluding carboxylic acids is 1. The van der Waals surface area contributed by atoms with E-state index in [1.165, 1.54) is 5.56 Å². The summed E-state index contributed by atoms with van der Waals surface area (Å²) in [6.45, 7) is 10.4. The molecule has 3 aromatic rings. The number of anilines is 1. The quantitative estimate of drug-likeness (QED) is 0.374. The Bertz CT molecular complexity index is 1090. The van der Waals surface area contributed by atoms with Crippen molar-refractivity contribution in [1.82, 2.24) is 9.88 Å². The highest BCUT2D eigenvalue weighted by molar-refractivity contribution is 6.42. The van der Waals surface area contributed by atoms with E-state index in [4.69, 9.17) is 23.2 Å². The van der Waals surface area contributed by atoms with Crippen molar-refractivity contribution in [3.05, 3.63) is 93.2 Å². The lowest BCUT2D eigenvalue weighted by molar-refractivity contribution is 0.0745. The molecular weight excluding hydrogens is 453 g/mol. The molecule has 33 heavy (non-hydrogen) atoms. The van der Waals surface area contributed by atoms with Gasteiger partial charge in [0.1, 0.15) is 0 Å². The van der Waals surface area contributed by atoms with Crippen molar-refractivity contribution >= 4 is 34.8 Å². The number of halogens is 2. The van der Waals surface area contributed by atoms with Crippen LogP contribution in [-0.4, -0.2) is 28.9 Å². The molecular formula is C27H31Cl2N3O. The molecule has 1 aromatic heterocycles. The van der Waals surface area contributed by atoms with Gasteiger partial charge in [0, 0.05) is 32.0 Å². The SMILES string of the molecule is CCNc1ccncc1C(=O)N(CCc1ccc(Cl)c(Cl)c1)Cc1ccc(C(C)(C)C)cc1. The van der Waals surface area contributed by atoms with Crippen molar-refractivity contribution in [2.24, 2.45) is 0 Å². The molecule has 3 rings (SSSR count). The van der Waals surface area contributed by atoms with Crippen molar-refractivity contribution in [3.63, 3.8) is 0 Å². The molecule has 0 saturated heterocycles. The highest BCUT2D eigenvalue weighted by Crippen LogP contribution is 2.25. The smallest absolute Gasteiger partial charge is 0.257 e. The minimum Gasteiger partial charge on any atom is -0.385 e. The number of benzene rings is 2. The van der Waals surface area contributed by atoms with Crippen LogP contribution < -0.4 is 5.32 Å². The zero-order chi connectivity index (χ0) is 24.0. The third-order valence-electron chi connectivity index (χ3n) is 5.55. The fourth-order valence-corrected chi connectivity index (χ4v) is 3.94. The van der Waals surface area contributed by atoms with E-state index in [0.29, 0.717) is 35.1 Å². The third kappa shape index (κ3) is 6.72. The Morgan fingerprint density at radius 2 is 1.70 bits per heavy atom. The van der Waals surface area contributed by atoms with Crippen LogP contribution in [0.25, 0.3) is 0 Å². The minimum atomic E-state index is -0.0565. The molecule has 2 aromatic carbocycles. The van der Waals surface area contributed by atoms with Crippen LogP contribution in [0.4, 0.5) is 5.69 Å². The Hall–Kier alpha value is -2.56. The first-order valence-corrected chi connectivity index (χ1v) is 11.9. The monoisotopic (exact) mass is 483 g/mol. The molecule has 0 radical (unpaired) electrons. The number of rotatable bonds is 8. The Kier molecular flexibility index (Phi) is 8.39. The molecule has 0 atom stereocenters. The van der Waals surface area contributed by atoms with Gasteiger partial charge in [-0.05, 0) is 53.6 Å². The molecule has 0 bridgehead atoms. The maximum Gasteiger partial charge on any atom is 0.257 e. The second kappa shape index (κ2) is 11.0. The van der Waals surface area contributed by atoms with Crippen LogP contribution in [0.3, 0.4) is 0 Å². The lowest BCUT2D eigenvalue weighted by Crippen LogP contribution is -2.33. The van der Waals surface area contributed by atoms with Crippen molar-refractivity contribution in [3.8, 4) is 0 Å². The van der Waals surface area contributed by atoms with E-state index in [-0.39, 0.29) is 11.3 Å². The first kappa shape index (κ1) is 25.1. The zero-order valence-corrected chi connectivity index (χ0v) is 21.2. The second-order valence-electron chi connectivity index (χ2n) is 9.12. The second-order valence-corrected chi connectivity index (χ2v) is 9.94. The summed E-state index contributed by atoms with van der Waals surface area (Å²) < 4.78 is 0. The Morgan fingerprint density at radius 3 is 2.33 bits per heavy atom. The van der Waals surface area contributed by atoms with E-state index in [0.717, 1.165) is 23.4 Å². The van der Waals surface area contributed by atoms with Crippen LogP contribution in [-0.2, 0) is 18.4 Å². The number of nitrogens with one attached hydrogen (secondary N) is 1. The molecule has 4 nitrogen and oxygen atoms in total. The van der Waals surface area contributed by atoms with Gasteiger partial charge in [-0.3, -0.25) is 9.78 Å². The molecule has 6 heteroatoms. The number of nitrogens with zero attached hydrogens (tertiary/aromatic N) is 2. The van der Waals surface area contributed by atoms with E-state index in [1.807, 2.05) is 30.0 Å². The van der Waals surface area contributed by atoms with Gasteiger partial charge in [0.2, 0.25) is 0 Å². The summed E-state index contributed by atoms with van der Waals surface area (Å²) >= 11 is 12.3. The summed E-state index contributed by atoms with van der Waals surface area (Å²) in [5, 5.41) is 4.31. The van der Waals surface area contributed by atoms with E-state index in [1.54, 1.807) is 18.5 Å². The lowest BCUT2D eigenvalue weighted by Gasteiger charge is -2.25. The molecule has 1 N–H and O–H groups in total. The van der Waals surface area contributed by atoms with E-state index < -0.39 is 0 Å². The number of hydrogen-bond acceptors (Lipinski definition) is 3. The number of hydrogen-bond donors (Lipinski definition) is 1. The van der Waals surface area contributed by atoms with Gasteiger partial charge in [-0.1, -0.05) is 74.3 Å². The van der Waals surface area contributed by atoms with Gasteiger partial charge in [-0.2, -0.15) is 0 Å². The first-order chi connectivity index (χ1) is 15.7. The summed E-state index contributed by atoms with van der Waals surface area (Å²) in [6.07, 6.45) is 3.99. The average Bonchev–Trinajstić information content (AvgIpc) is 2.79. The first-order valence-electron chi connectivity index (χ1n) is 11.2. The molecule has 0 saturated carbocycles. The number of aromatic nitrogens is 1. The zero-order valence-electron chi connectivity index (χ0n) is 19.7. The molecule has 0 spiro atoms. The van der Waals surface area contributed by atoms with Gasteiger partial charge >= 0.3 is 0 Å². The standard InChI is InChI=1S/C27H31Cl2N3O/c1-5-31-25-12-14-30-17-22(25)26(33)32(15-13-19-8-11-23(28)24(29)16-19)18-20-6-9-21(10-7-20)27(2,3)4/h6-12,14,16-17H,5,13,15,18H2,1-4H3,(H,30,31). The van der Waals surface area contributed by atoms with Crippen molar-refractivity contribution in [1.29, 1.82) is 0 Å². The highest BCUT2D eigenvalue weighted by atomic mass is 35.5. The van der Waals surface area contributed by atoms with Gasteiger partial charge in [0.15, 0.2) is 0 Å². The Labute approximate surface area is 206 Å².